The number of hydrogen-bond acceptors (Lipinski definition) is 6. The van der Waals surface area contributed by atoms with Crippen LogP contribution in [-0.4, -0.2) is 73.1 Å². The van der Waals surface area contributed by atoms with Crippen LogP contribution < -0.4 is 9.80 Å². The zero-order valence-electron chi connectivity index (χ0n) is 16.2. The van der Waals surface area contributed by atoms with Gasteiger partial charge in [0.05, 0.1) is 18.8 Å². The van der Waals surface area contributed by atoms with Gasteiger partial charge in [-0.05, 0) is 33.3 Å². The van der Waals surface area contributed by atoms with Gasteiger partial charge in [0.2, 0.25) is 0 Å². The molecule has 0 spiro atoms. The summed E-state index contributed by atoms with van der Waals surface area (Å²) in [5.74, 6) is 0.919. The average Bonchev–Trinajstić information content (AvgIpc) is 3.23. The van der Waals surface area contributed by atoms with E-state index in [4.69, 9.17) is 21.1 Å². The van der Waals surface area contributed by atoms with Crippen molar-refractivity contribution in [3.8, 4) is 0 Å². The second-order valence-corrected chi connectivity index (χ2v) is 8.85. The monoisotopic (exact) mass is 394 g/mol. The lowest BCUT2D eigenvalue weighted by Gasteiger charge is -2.37. The number of anilines is 2. The van der Waals surface area contributed by atoms with Crippen LogP contribution in [-0.2, 0) is 9.47 Å². The minimum atomic E-state index is -0.472. The predicted molar refractivity (Wildman–Crippen MR) is 105 cm³/mol. The van der Waals surface area contributed by atoms with Gasteiger partial charge in [-0.2, -0.15) is 0 Å². The first kappa shape index (κ1) is 18.6. The summed E-state index contributed by atoms with van der Waals surface area (Å²) in [6, 6.07) is 4.41. The van der Waals surface area contributed by atoms with Crippen molar-refractivity contribution in [1.82, 2.24) is 9.88 Å². The third-order valence-corrected chi connectivity index (χ3v) is 5.45. The summed E-state index contributed by atoms with van der Waals surface area (Å²) in [4.78, 5) is 23.1. The number of hydrogen-bond donors (Lipinski definition) is 0. The van der Waals surface area contributed by atoms with E-state index in [2.05, 4.69) is 20.9 Å². The molecule has 1 aromatic rings. The standard InChI is InChI=1S/C19H27ClN4O3/c1-19(2,3)27-18(25)23-6-4-22(5-7-23)13-9-16(20)21-17(10-13)24-11-15-8-14(24)12-26-15/h9-10,14-15H,4-8,11-12H2,1-3H3. The summed E-state index contributed by atoms with van der Waals surface area (Å²) in [5, 5.41) is 0.501. The van der Waals surface area contributed by atoms with E-state index in [0.717, 1.165) is 44.2 Å². The zero-order chi connectivity index (χ0) is 19.2. The van der Waals surface area contributed by atoms with E-state index in [1.54, 1.807) is 4.90 Å². The molecule has 7 nitrogen and oxygen atoms in total. The van der Waals surface area contributed by atoms with Crippen LogP contribution >= 0.6 is 11.6 Å². The molecule has 4 heterocycles. The molecule has 0 N–H and O–H groups in total. The number of fused-ring (bicyclic) bond motifs is 2. The lowest BCUT2D eigenvalue weighted by atomic mass is 10.2. The molecule has 3 saturated heterocycles. The summed E-state index contributed by atoms with van der Waals surface area (Å²) in [7, 11) is 0. The van der Waals surface area contributed by atoms with Crippen LogP contribution in [0.3, 0.4) is 0 Å². The van der Waals surface area contributed by atoms with E-state index in [0.29, 0.717) is 30.4 Å². The van der Waals surface area contributed by atoms with E-state index >= 15 is 0 Å². The van der Waals surface area contributed by atoms with Crippen LogP contribution in [0.2, 0.25) is 5.15 Å². The van der Waals surface area contributed by atoms with E-state index in [-0.39, 0.29) is 6.09 Å². The summed E-state index contributed by atoms with van der Waals surface area (Å²) < 4.78 is 11.2. The summed E-state index contributed by atoms with van der Waals surface area (Å²) in [6.45, 7) is 10.1. The molecule has 27 heavy (non-hydrogen) atoms. The van der Waals surface area contributed by atoms with Crippen molar-refractivity contribution in [2.45, 2.75) is 44.9 Å². The number of morpholine rings is 1. The van der Waals surface area contributed by atoms with Gasteiger partial charge in [0.25, 0.3) is 0 Å². The van der Waals surface area contributed by atoms with Gasteiger partial charge in [0.1, 0.15) is 16.6 Å². The average molecular weight is 395 g/mol. The molecule has 4 rings (SSSR count). The van der Waals surface area contributed by atoms with Gasteiger partial charge in [-0.15, -0.1) is 0 Å². The lowest BCUT2D eigenvalue weighted by molar-refractivity contribution is 0.0240. The second-order valence-electron chi connectivity index (χ2n) is 8.46. The zero-order valence-corrected chi connectivity index (χ0v) is 16.9. The number of piperazine rings is 1. The Bertz CT molecular complexity index is 715. The number of pyridine rings is 1. The molecule has 0 aliphatic carbocycles. The Labute approximate surface area is 165 Å². The Morgan fingerprint density at radius 3 is 2.59 bits per heavy atom. The molecule has 1 aromatic heterocycles. The first-order valence-corrected chi connectivity index (χ1v) is 9.95. The van der Waals surface area contributed by atoms with Crippen LogP contribution in [0, 0.1) is 0 Å². The highest BCUT2D eigenvalue weighted by molar-refractivity contribution is 6.29. The topological polar surface area (TPSA) is 58.1 Å². The Morgan fingerprint density at radius 1 is 1.26 bits per heavy atom. The molecule has 148 valence electrons. The Kier molecular flexibility index (Phi) is 4.84. The molecular formula is C19H27ClN4O3. The number of ether oxygens (including phenoxy) is 2. The van der Waals surface area contributed by atoms with Gasteiger partial charge >= 0.3 is 6.09 Å². The second kappa shape index (κ2) is 7.02. The van der Waals surface area contributed by atoms with E-state index in [1.165, 1.54) is 0 Å². The highest BCUT2D eigenvalue weighted by Crippen LogP contribution is 2.34. The molecule has 2 atom stereocenters. The molecule has 0 radical (unpaired) electrons. The molecule has 3 fully saturated rings. The summed E-state index contributed by atoms with van der Waals surface area (Å²) in [6.07, 6.45) is 1.14. The quantitative estimate of drug-likeness (QED) is 0.719. The van der Waals surface area contributed by atoms with Gasteiger partial charge < -0.3 is 24.2 Å². The van der Waals surface area contributed by atoms with Crippen molar-refractivity contribution in [3.05, 3.63) is 17.3 Å². The number of rotatable bonds is 2. The van der Waals surface area contributed by atoms with Gasteiger partial charge in [-0.25, -0.2) is 9.78 Å². The maximum atomic E-state index is 12.2. The fourth-order valence-electron chi connectivity index (χ4n) is 3.95. The van der Waals surface area contributed by atoms with Crippen LogP contribution in [0.25, 0.3) is 0 Å². The third kappa shape index (κ3) is 4.09. The number of carbonyl (C=O) groups excluding carboxylic acids is 1. The molecule has 0 saturated carbocycles. The molecule has 8 heteroatoms. The maximum absolute atomic E-state index is 12.2. The first-order chi connectivity index (χ1) is 12.8. The fraction of sp³-hybridized carbons (Fsp3) is 0.684. The van der Waals surface area contributed by atoms with Gasteiger partial charge in [0.15, 0.2) is 0 Å². The number of carbonyl (C=O) groups is 1. The van der Waals surface area contributed by atoms with Crippen molar-refractivity contribution in [2.75, 3.05) is 49.1 Å². The van der Waals surface area contributed by atoms with Gasteiger partial charge in [-0.1, -0.05) is 11.6 Å². The summed E-state index contributed by atoms with van der Waals surface area (Å²) >= 11 is 6.32. The van der Waals surface area contributed by atoms with Crippen LogP contribution in [0.15, 0.2) is 12.1 Å². The van der Waals surface area contributed by atoms with Crippen LogP contribution in [0.4, 0.5) is 16.3 Å². The van der Waals surface area contributed by atoms with Crippen molar-refractivity contribution in [2.24, 2.45) is 0 Å². The van der Waals surface area contributed by atoms with Crippen molar-refractivity contribution in [1.29, 1.82) is 0 Å². The highest BCUT2D eigenvalue weighted by atomic mass is 35.5. The Morgan fingerprint density at radius 2 is 2.00 bits per heavy atom. The Balaban J connectivity index is 1.42. The molecule has 0 aromatic carbocycles. The van der Waals surface area contributed by atoms with Gasteiger partial charge in [-0.3, -0.25) is 0 Å². The Hall–Kier alpha value is -1.73. The minimum Gasteiger partial charge on any atom is -0.444 e. The van der Waals surface area contributed by atoms with Gasteiger partial charge in [0, 0.05) is 44.5 Å². The number of aromatic nitrogens is 1. The van der Waals surface area contributed by atoms with Crippen molar-refractivity contribution in [3.63, 3.8) is 0 Å². The number of nitrogens with zero attached hydrogens (tertiary/aromatic N) is 4. The SMILES string of the molecule is CC(C)(C)OC(=O)N1CCN(c2cc(Cl)nc(N3CC4CC3CO4)c2)CC1. The normalized spacial score (nSPS) is 25.3. The highest BCUT2D eigenvalue weighted by Gasteiger charge is 2.40. The first-order valence-electron chi connectivity index (χ1n) is 9.57. The van der Waals surface area contributed by atoms with E-state index < -0.39 is 5.60 Å². The minimum absolute atomic E-state index is 0.247. The molecule has 2 bridgehead atoms. The molecule has 2 unspecified atom stereocenters. The van der Waals surface area contributed by atoms with Crippen molar-refractivity contribution < 1.29 is 14.3 Å². The molecule has 3 aliphatic heterocycles. The maximum Gasteiger partial charge on any atom is 0.410 e. The number of amides is 1. The molecule has 3 aliphatic rings. The molecule has 1 amide bonds. The van der Waals surface area contributed by atoms with Crippen LogP contribution in [0.1, 0.15) is 27.2 Å². The molecular weight excluding hydrogens is 368 g/mol. The smallest absolute Gasteiger partial charge is 0.410 e. The summed E-state index contributed by atoms with van der Waals surface area (Å²) in [5.41, 5.74) is 0.582. The largest absolute Gasteiger partial charge is 0.444 e. The van der Waals surface area contributed by atoms with E-state index in [1.807, 2.05) is 26.8 Å². The fourth-order valence-corrected chi connectivity index (χ4v) is 4.15. The van der Waals surface area contributed by atoms with E-state index in [9.17, 15) is 4.79 Å². The number of halogens is 1. The lowest BCUT2D eigenvalue weighted by Crippen LogP contribution is -2.50. The predicted octanol–water partition coefficient (Wildman–Crippen LogP) is 2.77. The van der Waals surface area contributed by atoms with Crippen molar-refractivity contribution >= 4 is 29.2 Å². The van der Waals surface area contributed by atoms with Crippen LogP contribution in [0.5, 0.6) is 0 Å². The third-order valence-electron chi connectivity index (χ3n) is 5.26.